The summed E-state index contributed by atoms with van der Waals surface area (Å²) in [4.78, 5) is 0. The molecule has 0 fully saturated rings. The van der Waals surface area contributed by atoms with Crippen molar-refractivity contribution >= 4 is 93.6 Å². The van der Waals surface area contributed by atoms with Crippen molar-refractivity contribution in [2.24, 2.45) is 0 Å². The minimum Gasteiger partial charge on any atom is -2.00 e. The van der Waals surface area contributed by atoms with Gasteiger partial charge in [0.25, 0.3) is 0 Å². The molecular weight excluding hydrogens is 420 g/mol. The van der Waals surface area contributed by atoms with Crippen molar-refractivity contribution in [3.63, 3.8) is 0 Å². The Kier molecular flexibility index (Phi) is 453. The van der Waals surface area contributed by atoms with Gasteiger partial charge in [-0.25, -0.2) is 0 Å². The average Bonchev–Trinajstić information content (AvgIpc) is 0. The van der Waals surface area contributed by atoms with Crippen LogP contribution >= 0.6 is 0 Å². The molecule has 0 aliphatic rings. The molecule has 0 aromatic carbocycles. The predicted octanol–water partition coefficient (Wildman–Crippen LogP) is -0.771. The zero-order valence-electron chi connectivity index (χ0n) is 3.17. The van der Waals surface area contributed by atoms with E-state index in [1.54, 1.807) is 0 Å². The Morgan fingerprint density at radius 2 is 0.429 bits per heavy atom. The summed E-state index contributed by atoms with van der Waals surface area (Å²) in [5.41, 5.74) is 0. The van der Waals surface area contributed by atoms with Crippen LogP contribution in [0.3, 0.4) is 0 Å². The Bertz CT molecular complexity index is 9.65. The molecule has 0 saturated heterocycles. The van der Waals surface area contributed by atoms with E-state index in [4.69, 9.17) is 0 Å². The second kappa shape index (κ2) is 48.5. The van der Waals surface area contributed by atoms with E-state index in [-0.39, 0.29) is 143 Å². The Morgan fingerprint density at radius 3 is 0.429 bits per heavy atom. The summed E-state index contributed by atoms with van der Waals surface area (Å²) in [5, 5.41) is 0. The van der Waals surface area contributed by atoms with Crippen LogP contribution in [-0.4, -0.2) is 39.6 Å². The van der Waals surface area contributed by atoms with Crippen LogP contribution in [0.25, 0.3) is 0 Å². The van der Waals surface area contributed by atoms with E-state index in [0.717, 1.165) is 0 Å². The third-order valence-corrected chi connectivity index (χ3v) is 0. The molecule has 7 heteroatoms. The predicted molar refractivity (Wildman–Crippen MR) is 41.0 cm³/mol. The number of hydrogen-bond donors (Lipinski definition) is 0. The fourth-order valence-corrected chi connectivity index (χ4v) is 0. The van der Waals surface area contributed by atoms with E-state index in [0.29, 0.717) is 0 Å². The topological polar surface area (TPSA) is 0 Å². The second-order valence-corrected chi connectivity index (χ2v) is 0. The molecule has 37 valence electrons. The van der Waals surface area contributed by atoms with E-state index in [1.165, 1.54) is 0 Å². The van der Waals surface area contributed by atoms with Crippen LogP contribution in [0, 0.1) is 49.4 Å². The average molecular weight is 420 g/mol. The summed E-state index contributed by atoms with van der Waals surface area (Å²) in [7, 11) is 0. The maximum absolute atomic E-state index is 0. The Morgan fingerprint density at radius 1 is 0.429 bits per heavy atom. The van der Waals surface area contributed by atoms with E-state index in [9.17, 15) is 0 Å². The van der Waals surface area contributed by atoms with E-state index in [2.05, 4.69) is 0 Å². The smallest absolute Gasteiger partial charge is 2.00 e. The van der Waals surface area contributed by atoms with Crippen LogP contribution in [0.2, 0.25) is 0 Å². The fourth-order valence-electron chi connectivity index (χ4n) is 0. The standard InChI is InChI=1S/Eu.2Ga.4S/q+2;2*+3;4*-2. The summed E-state index contributed by atoms with van der Waals surface area (Å²) < 4.78 is 0. The number of hydrogen-bond acceptors (Lipinski definition) is 0. The van der Waals surface area contributed by atoms with Crippen molar-refractivity contribution in [1.82, 2.24) is 0 Å². The van der Waals surface area contributed by atoms with Gasteiger partial charge in [-0.05, 0) is 0 Å². The zero-order valence-corrected chi connectivity index (χ0v) is 13.7. The maximum Gasteiger partial charge on any atom is 3.00 e. The van der Waals surface area contributed by atoms with Gasteiger partial charge in [0.1, 0.15) is 0 Å². The molecule has 0 atom stereocenters. The third kappa shape index (κ3) is 38.6. The van der Waals surface area contributed by atoms with Gasteiger partial charge in [0.2, 0.25) is 0 Å². The first-order chi connectivity index (χ1) is 0. The zero-order chi connectivity index (χ0) is 0. The summed E-state index contributed by atoms with van der Waals surface area (Å²) >= 11 is 0. The van der Waals surface area contributed by atoms with Gasteiger partial charge < -0.3 is 54.0 Å². The molecule has 0 unspecified atom stereocenters. The van der Waals surface area contributed by atoms with Crippen LogP contribution in [-0.2, 0) is 54.0 Å². The minimum absolute atomic E-state index is 0. The molecule has 0 nitrogen and oxygen atoms in total. The Labute approximate surface area is 140 Å². The summed E-state index contributed by atoms with van der Waals surface area (Å²) in [6.07, 6.45) is 0. The van der Waals surface area contributed by atoms with Crippen LogP contribution in [0.5, 0.6) is 0 Å². The fraction of sp³-hybridized carbons (Fsp3) is 0. The van der Waals surface area contributed by atoms with Gasteiger partial charge in [-0.2, -0.15) is 0 Å². The van der Waals surface area contributed by atoms with Gasteiger partial charge in [-0.1, -0.05) is 0 Å². The van der Waals surface area contributed by atoms with Crippen LogP contribution in [0.4, 0.5) is 0 Å². The molecule has 0 bridgehead atoms. The molecule has 0 amide bonds. The second-order valence-electron chi connectivity index (χ2n) is 0. The Balaban J connectivity index is 0. The van der Waals surface area contributed by atoms with Crippen LogP contribution in [0.15, 0.2) is 0 Å². The van der Waals surface area contributed by atoms with Gasteiger partial charge in [0.05, 0.1) is 0 Å². The minimum atomic E-state index is 0. The molecule has 0 aliphatic heterocycles. The van der Waals surface area contributed by atoms with E-state index < -0.39 is 0 Å². The van der Waals surface area contributed by atoms with Gasteiger partial charge >= 0.3 is 89.0 Å². The molecule has 0 aromatic rings. The first-order valence-corrected chi connectivity index (χ1v) is 0. The summed E-state index contributed by atoms with van der Waals surface area (Å²) in [5.74, 6) is 0. The molecule has 0 rings (SSSR count). The summed E-state index contributed by atoms with van der Waals surface area (Å²) in [6, 6.07) is 0. The molecule has 0 N–H and O–H groups in total. The maximum atomic E-state index is 0. The first kappa shape index (κ1) is 65.3. The van der Waals surface area contributed by atoms with Crippen molar-refractivity contribution in [3.05, 3.63) is 0 Å². The molecule has 0 saturated carbocycles. The first-order valence-electron chi connectivity index (χ1n) is 0. The molecule has 0 aliphatic carbocycles. The van der Waals surface area contributed by atoms with E-state index >= 15 is 0 Å². The normalized spacial score (nSPS) is 0. The molecule has 0 spiro atoms. The largest absolute Gasteiger partial charge is 3.00 e. The van der Waals surface area contributed by atoms with Gasteiger partial charge in [-0.15, -0.1) is 0 Å². The van der Waals surface area contributed by atoms with Gasteiger partial charge in [0.15, 0.2) is 0 Å². The summed E-state index contributed by atoms with van der Waals surface area (Å²) in [6.45, 7) is 0. The SMILES string of the molecule is [Eu+2].[Ga+3].[Ga+3].[S-2].[S-2].[S-2].[S-2]. The Hall–Kier alpha value is 4.26. The van der Waals surface area contributed by atoms with Crippen LogP contribution in [0.1, 0.15) is 0 Å². The quantitative estimate of drug-likeness (QED) is 0.453. The molecule has 7 heavy (non-hydrogen) atoms. The third-order valence-electron chi connectivity index (χ3n) is 0. The van der Waals surface area contributed by atoms with Gasteiger partial charge in [0, 0.05) is 0 Å². The van der Waals surface area contributed by atoms with E-state index in [1.807, 2.05) is 0 Å². The van der Waals surface area contributed by atoms with Crippen molar-refractivity contribution in [2.45, 2.75) is 0 Å². The van der Waals surface area contributed by atoms with Crippen molar-refractivity contribution in [1.29, 1.82) is 0 Å². The van der Waals surface area contributed by atoms with Crippen molar-refractivity contribution in [2.75, 3.05) is 0 Å². The number of rotatable bonds is 0. The van der Waals surface area contributed by atoms with Crippen LogP contribution < -0.4 is 0 Å². The molecule has 1 radical (unpaired) electrons. The van der Waals surface area contributed by atoms with Crippen molar-refractivity contribution in [3.8, 4) is 0 Å². The van der Waals surface area contributed by atoms with Gasteiger partial charge in [-0.3, -0.25) is 0 Å². The molecule has 0 heterocycles. The van der Waals surface area contributed by atoms with Crippen molar-refractivity contribution < 1.29 is 49.4 Å². The molecular formula is EuGa2S4. The monoisotopic (exact) mass is 419 g/mol. The molecule has 0 aromatic heterocycles.